The maximum absolute atomic E-state index is 11.9. The predicted molar refractivity (Wildman–Crippen MR) is 73.6 cm³/mol. The van der Waals surface area contributed by atoms with Crippen molar-refractivity contribution in [3.8, 4) is 0 Å². The summed E-state index contributed by atoms with van der Waals surface area (Å²) in [7, 11) is 0. The number of hydrogen-bond donors (Lipinski definition) is 0. The number of benzene rings is 2. The van der Waals surface area contributed by atoms with Gasteiger partial charge < -0.3 is 5.11 Å². The molecule has 0 unspecified atom stereocenters. The van der Waals surface area contributed by atoms with Crippen molar-refractivity contribution >= 4 is 17.2 Å². The first kappa shape index (κ1) is 15.3. The van der Waals surface area contributed by atoms with Crippen LogP contribution in [0.5, 0.6) is 0 Å². The second-order valence-electron chi connectivity index (χ2n) is 3.96. The fraction of sp³-hybridized carbons (Fsp3) is 0.0625. The largest absolute Gasteiger partial charge is 1.00 e. The van der Waals surface area contributed by atoms with Crippen molar-refractivity contribution in [3.05, 3.63) is 72.3 Å². The van der Waals surface area contributed by atoms with Crippen LogP contribution in [0.1, 0.15) is 12.5 Å². The average Bonchev–Trinajstić information content (AvgIpc) is 2.40. The SMILES string of the molecule is CC(/C=C(\[O-])c1ccccc1)=Nc1ccccc1.[Li+]. The van der Waals surface area contributed by atoms with Crippen LogP contribution < -0.4 is 24.0 Å². The van der Waals surface area contributed by atoms with Gasteiger partial charge in [0.05, 0.1) is 5.69 Å². The molecule has 2 rings (SSSR count). The van der Waals surface area contributed by atoms with Crippen molar-refractivity contribution in [1.29, 1.82) is 0 Å². The van der Waals surface area contributed by atoms with Gasteiger partial charge in [-0.15, -0.1) is 0 Å². The summed E-state index contributed by atoms with van der Waals surface area (Å²) in [6.07, 6.45) is 1.56. The van der Waals surface area contributed by atoms with Crippen LogP contribution in [-0.2, 0) is 0 Å². The summed E-state index contributed by atoms with van der Waals surface area (Å²) in [6.45, 7) is 1.83. The fourth-order valence-electron chi connectivity index (χ4n) is 1.61. The summed E-state index contributed by atoms with van der Waals surface area (Å²) in [5.74, 6) is -0.0206. The van der Waals surface area contributed by atoms with Gasteiger partial charge in [0.25, 0.3) is 0 Å². The molecule has 19 heavy (non-hydrogen) atoms. The van der Waals surface area contributed by atoms with Gasteiger partial charge in [-0.3, -0.25) is 4.99 Å². The number of allylic oxidation sites excluding steroid dienone is 1. The summed E-state index contributed by atoms with van der Waals surface area (Å²) in [6, 6.07) is 18.8. The van der Waals surface area contributed by atoms with Crippen molar-refractivity contribution < 1.29 is 24.0 Å². The van der Waals surface area contributed by atoms with E-state index in [-0.39, 0.29) is 24.6 Å². The first-order valence-corrected chi connectivity index (χ1v) is 5.80. The van der Waals surface area contributed by atoms with Gasteiger partial charge in [0.2, 0.25) is 0 Å². The molecule has 3 heteroatoms. The van der Waals surface area contributed by atoms with E-state index in [1.54, 1.807) is 18.2 Å². The fourth-order valence-corrected chi connectivity index (χ4v) is 1.61. The van der Waals surface area contributed by atoms with E-state index in [4.69, 9.17) is 0 Å². The van der Waals surface area contributed by atoms with Crippen LogP contribution in [0.15, 0.2) is 71.7 Å². The van der Waals surface area contributed by atoms with E-state index in [1.165, 1.54) is 0 Å². The van der Waals surface area contributed by atoms with Crippen LogP contribution >= 0.6 is 0 Å². The Balaban J connectivity index is 0.00000180. The molecule has 0 N–H and O–H groups in total. The van der Waals surface area contributed by atoms with Gasteiger partial charge in [-0.05, 0) is 30.7 Å². The topological polar surface area (TPSA) is 35.4 Å². The van der Waals surface area contributed by atoms with E-state index >= 15 is 0 Å². The third-order valence-corrected chi connectivity index (χ3v) is 2.46. The summed E-state index contributed by atoms with van der Waals surface area (Å²) in [5, 5.41) is 11.9. The van der Waals surface area contributed by atoms with Crippen molar-refractivity contribution in [1.82, 2.24) is 0 Å². The molecule has 0 fully saturated rings. The second-order valence-corrected chi connectivity index (χ2v) is 3.96. The van der Waals surface area contributed by atoms with Crippen LogP contribution in [-0.4, -0.2) is 5.71 Å². The summed E-state index contributed by atoms with van der Waals surface area (Å²) < 4.78 is 0. The van der Waals surface area contributed by atoms with E-state index in [0.717, 1.165) is 5.69 Å². The molecule has 0 aromatic heterocycles. The first-order valence-electron chi connectivity index (χ1n) is 5.80. The Labute approximate surface area is 125 Å². The Kier molecular flexibility index (Phi) is 6.15. The zero-order valence-corrected chi connectivity index (χ0v) is 11.2. The molecule has 0 aliphatic heterocycles. The first-order chi connectivity index (χ1) is 8.75. The van der Waals surface area contributed by atoms with Crippen LogP contribution in [0.4, 0.5) is 5.69 Å². The molecular formula is C16H14LiNO. The molecule has 0 spiro atoms. The van der Waals surface area contributed by atoms with Crippen LogP contribution in [0, 0.1) is 0 Å². The molecular weight excluding hydrogens is 229 g/mol. The van der Waals surface area contributed by atoms with Gasteiger partial charge >= 0.3 is 18.9 Å². The number of para-hydroxylation sites is 1. The Morgan fingerprint density at radius 1 is 0.947 bits per heavy atom. The van der Waals surface area contributed by atoms with Crippen LogP contribution in [0.25, 0.3) is 5.76 Å². The number of nitrogens with zero attached hydrogens (tertiary/aromatic N) is 1. The molecule has 0 amide bonds. The molecule has 0 atom stereocenters. The molecule has 0 aliphatic rings. The third-order valence-electron chi connectivity index (χ3n) is 2.46. The van der Waals surface area contributed by atoms with Crippen LogP contribution in [0.2, 0.25) is 0 Å². The van der Waals surface area contributed by atoms with Gasteiger partial charge in [0, 0.05) is 5.71 Å². The number of rotatable bonds is 3. The van der Waals surface area contributed by atoms with Crippen molar-refractivity contribution in [2.24, 2.45) is 4.99 Å². The summed E-state index contributed by atoms with van der Waals surface area (Å²) in [4.78, 5) is 4.36. The minimum atomic E-state index is -0.0206. The van der Waals surface area contributed by atoms with E-state index in [0.29, 0.717) is 11.3 Å². The molecule has 90 valence electrons. The molecule has 0 bridgehead atoms. The molecule has 2 aromatic rings. The number of hydrogen-bond acceptors (Lipinski definition) is 2. The van der Waals surface area contributed by atoms with Gasteiger partial charge in [-0.2, -0.15) is 0 Å². The molecule has 0 saturated heterocycles. The molecule has 2 nitrogen and oxygen atoms in total. The Hall–Kier alpha value is -1.75. The molecule has 2 aromatic carbocycles. The maximum Gasteiger partial charge on any atom is 1.00 e. The average molecular weight is 243 g/mol. The molecule has 0 radical (unpaired) electrons. The quantitative estimate of drug-likeness (QED) is 0.430. The van der Waals surface area contributed by atoms with Crippen molar-refractivity contribution in [2.75, 3.05) is 0 Å². The van der Waals surface area contributed by atoms with Gasteiger partial charge in [0.15, 0.2) is 0 Å². The molecule has 0 aliphatic carbocycles. The molecule has 0 heterocycles. The zero-order valence-electron chi connectivity index (χ0n) is 11.2. The zero-order chi connectivity index (χ0) is 12.8. The number of aliphatic imine (C=N–C) groups is 1. The van der Waals surface area contributed by atoms with Crippen molar-refractivity contribution in [3.63, 3.8) is 0 Å². The third kappa shape index (κ3) is 4.79. The smallest absolute Gasteiger partial charge is 0.872 e. The standard InChI is InChI=1S/C16H15NO.Li/c1-13(17-15-10-6-3-7-11-15)12-16(18)14-8-4-2-5-9-14;/h2-12,18H,1H3;/q;+1/p-1/b16-12-,17-13?;. The van der Waals surface area contributed by atoms with E-state index in [1.807, 2.05) is 55.5 Å². The second kappa shape index (κ2) is 7.63. The van der Waals surface area contributed by atoms with E-state index in [9.17, 15) is 5.11 Å². The molecule has 0 saturated carbocycles. The van der Waals surface area contributed by atoms with E-state index < -0.39 is 0 Å². The Bertz CT molecular complexity index is 562. The van der Waals surface area contributed by atoms with E-state index in [2.05, 4.69) is 4.99 Å². The minimum absolute atomic E-state index is 0. The Morgan fingerprint density at radius 2 is 1.47 bits per heavy atom. The maximum atomic E-state index is 11.9. The monoisotopic (exact) mass is 243 g/mol. The summed E-state index contributed by atoms with van der Waals surface area (Å²) >= 11 is 0. The van der Waals surface area contributed by atoms with Gasteiger partial charge in [-0.1, -0.05) is 54.3 Å². The predicted octanol–water partition coefficient (Wildman–Crippen LogP) is 0.184. The minimum Gasteiger partial charge on any atom is -0.872 e. The van der Waals surface area contributed by atoms with Gasteiger partial charge in [-0.25, -0.2) is 0 Å². The Morgan fingerprint density at radius 3 is 2.05 bits per heavy atom. The van der Waals surface area contributed by atoms with Gasteiger partial charge in [0.1, 0.15) is 0 Å². The summed E-state index contributed by atoms with van der Waals surface area (Å²) in [5.41, 5.74) is 2.24. The normalized spacial score (nSPS) is 11.8. The van der Waals surface area contributed by atoms with Crippen LogP contribution in [0.3, 0.4) is 0 Å². The van der Waals surface area contributed by atoms with Crippen molar-refractivity contribution in [2.45, 2.75) is 6.92 Å².